The van der Waals surface area contributed by atoms with Gasteiger partial charge in [0.25, 0.3) is 0 Å². The monoisotopic (exact) mass is 376 g/mol. The molecule has 4 aromatic rings. The van der Waals surface area contributed by atoms with Gasteiger partial charge in [-0.1, -0.05) is 0 Å². The van der Waals surface area contributed by atoms with E-state index in [1.165, 1.54) is 0 Å². The molecule has 142 valence electrons. The van der Waals surface area contributed by atoms with Gasteiger partial charge >= 0.3 is 5.63 Å². The summed E-state index contributed by atoms with van der Waals surface area (Å²) < 4.78 is 11.3. The molecular formula is C22H20N2O4. The molecule has 0 aliphatic carbocycles. The summed E-state index contributed by atoms with van der Waals surface area (Å²) in [6, 6.07) is 7.27. The predicted octanol–water partition coefficient (Wildman–Crippen LogP) is 4.43. The predicted molar refractivity (Wildman–Crippen MR) is 108 cm³/mol. The van der Waals surface area contributed by atoms with E-state index in [2.05, 4.69) is 10.3 Å². The van der Waals surface area contributed by atoms with Crippen LogP contribution in [0.15, 0.2) is 50.3 Å². The van der Waals surface area contributed by atoms with Crippen LogP contribution in [0, 0.1) is 20.8 Å². The molecule has 3 aromatic heterocycles. The van der Waals surface area contributed by atoms with Gasteiger partial charge in [-0.2, -0.15) is 0 Å². The van der Waals surface area contributed by atoms with E-state index in [-0.39, 0.29) is 12.3 Å². The maximum absolute atomic E-state index is 12.5. The fourth-order valence-corrected chi connectivity index (χ4v) is 3.41. The minimum absolute atomic E-state index is 0.177. The normalized spacial score (nSPS) is 11.2. The molecule has 0 aliphatic heterocycles. The second kappa shape index (κ2) is 6.96. The maximum atomic E-state index is 12.5. The van der Waals surface area contributed by atoms with E-state index in [1.807, 2.05) is 26.8 Å². The van der Waals surface area contributed by atoms with Gasteiger partial charge in [0.05, 0.1) is 11.9 Å². The number of nitrogens with one attached hydrogen (secondary N) is 1. The minimum atomic E-state index is -0.418. The Balaban J connectivity index is 1.65. The van der Waals surface area contributed by atoms with Crippen molar-refractivity contribution >= 4 is 33.5 Å². The SMILES string of the molecule is Cc1oc2cc3oc(=O)c(CCC(=O)Nc4cccnc4)c(C)c3cc2c1C. The van der Waals surface area contributed by atoms with Crippen molar-refractivity contribution in [2.75, 3.05) is 5.32 Å². The Morgan fingerprint density at radius 2 is 1.82 bits per heavy atom. The molecule has 3 heterocycles. The van der Waals surface area contributed by atoms with E-state index < -0.39 is 5.63 Å². The number of hydrogen-bond acceptors (Lipinski definition) is 5. The summed E-state index contributed by atoms with van der Waals surface area (Å²) in [5.41, 5.74) is 3.83. The van der Waals surface area contributed by atoms with E-state index in [0.717, 1.165) is 27.7 Å². The Morgan fingerprint density at radius 1 is 1.07 bits per heavy atom. The van der Waals surface area contributed by atoms with Crippen molar-refractivity contribution in [2.24, 2.45) is 0 Å². The van der Waals surface area contributed by atoms with Crippen molar-refractivity contribution in [3.63, 3.8) is 0 Å². The molecule has 6 heteroatoms. The molecule has 4 rings (SSSR count). The van der Waals surface area contributed by atoms with Gasteiger partial charge in [-0.3, -0.25) is 9.78 Å². The molecule has 0 saturated heterocycles. The number of pyridine rings is 1. The van der Waals surface area contributed by atoms with Gasteiger partial charge in [0.15, 0.2) is 0 Å². The highest BCUT2D eigenvalue weighted by molar-refractivity contribution is 5.97. The molecule has 28 heavy (non-hydrogen) atoms. The largest absolute Gasteiger partial charge is 0.461 e. The number of carbonyl (C=O) groups excluding carboxylic acids is 1. The molecule has 1 aromatic carbocycles. The van der Waals surface area contributed by atoms with Gasteiger partial charge in [0.2, 0.25) is 5.91 Å². The summed E-state index contributed by atoms with van der Waals surface area (Å²) in [5.74, 6) is 0.668. The van der Waals surface area contributed by atoms with Crippen LogP contribution in [0.4, 0.5) is 5.69 Å². The highest BCUT2D eigenvalue weighted by Crippen LogP contribution is 2.31. The lowest BCUT2D eigenvalue weighted by Gasteiger charge is -2.08. The third-order valence-electron chi connectivity index (χ3n) is 5.13. The lowest BCUT2D eigenvalue weighted by Crippen LogP contribution is -2.16. The first-order valence-corrected chi connectivity index (χ1v) is 9.10. The molecule has 0 saturated carbocycles. The number of nitrogens with zero attached hydrogens (tertiary/aromatic N) is 1. The van der Waals surface area contributed by atoms with Gasteiger partial charge < -0.3 is 14.2 Å². The second-order valence-corrected chi connectivity index (χ2v) is 6.91. The number of carbonyl (C=O) groups is 1. The van der Waals surface area contributed by atoms with Crippen LogP contribution in [0.5, 0.6) is 0 Å². The maximum Gasteiger partial charge on any atom is 0.339 e. The number of amides is 1. The van der Waals surface area contributed by atoms with Crippen LogP contribution in [0.25, 0.3) is 21.9 Å². The number of fused-ring (bicyclic) bond motifs is 2. The molecule has 0 bridgehead atoms. The van der Waals surface area contributed by atoms with E-state index in [9.17, 15) is 9.59 Å². The van der Waals surface area contributed by atoms with Gasteiger partial charge in [0, 0.05) is 35.0 Å². The first kappa shape index (κ1) is 18.0. The molecule has 0 radical (unpaired) electrons. The highest BCUT2D eigenvalue weighted by atomic mass is 16.4. The Bertz CT molecular complexity index is 1250. The van der Waals surface area contributed by atoms with Crippen LogP contribution < -0.4 is 10.9 Å². The number of furan rings is 1. The lowest BCUT2D eigenvalue weighted by atomic mass is 10.0. The summed E-state index contributed by atoms with van der Waals surface area (Å²) in [7, 11) is 0. The number of hydrogen-bond donors (Lipinski definition) is 1. The fraction of sp³-hybridized carbons (Fsp3) is 0.227. The number of rotatable bonds is 4. The van der Waals surface area contributed by atoms with Crippen LogP contribution >= 0.6 is 0 Å². The van der Waals surface area contributed by atoms with Crippen LogP contribution in [0.1, 0.15) is 28.9 Å². The van der Waals surface area contributed by atoms with Crippen molar-refractivity contribution in [3.8, 4) is 0 Å². The summed E-state index contributed by atoms with van der Waals surface area (Å²) in [6.07, 6.45) is 3.70. The molecule has 0 atom stereocenters. The number of anilines is 1. The number of aryl methyl sites for hydroxylation is 3. The van der Waals surface area contributed by atoms with Crippen LogP contribution in [-0.2, 0) is 11.2 Å². The topological polar surface area (TPSA) is 85.3 Å². The molecule has 0 fully saturated rings. The quantitative estimate of drug-likeness (QED) is 0.533. The molecular weight excluding hydrogens is 356 g/mol. The summed E-state index contributed by atoms with van der Waals surface area (Å²) in [4.78, 5) is 28.7. The van der Waals surface area contributed by atoms with Gasteiger partial charge in [-0.15, -0.1) is 0 Å². The first-order valence-electron chi connectivity index (χ1n) is 9.10. The molecule has 1 N–H and O–H groups in total. The summed E-state index contributed by atoms with van der Waals surface area (Å²) >= 11 is 0. The van der Waals surface area contributed by atoms with Gasteiger partial charge in [0.1, 0.15) is 16.9 Å². The third kappa shape index (κ3) is 3.17. The minimum Gasteiger partial charge on any atom is -0.461 e. The zero-order chi connectivity index (χ0) is 19.8. The standard InChI is InChI=1S/C22H20N2O4/c1-12-14(3)27-19-10-20-18(9-17(12)19)13(2)16(22(26)28-20)6-7-21(25)24-15-5-4-8-23-11-15/h4-5,8-11H,6-7H2,1-3H3,(H,24,25). The number of aromatic nitrogens is 1. The third-order valence-corrected chi connectivity index (χ3v) is 5.13. The zero-order valence-electron chi connectivity index (χ0n) is 16.0. The zero-order valence-corrected chi connectivity index (χ0v) is 16.0. The smallest absolute Gasteiger partial charge is 0.339 e. The van der Waals surface area contributed by atoms with Crippen molar-refractivity contribution in [3.05, 3.63) is 69.5 Å². The Kier molecular flexibility index (Phi) is 4.47. The number of benzene rings is 1. The first-order chi connectivity index (χ1) is 13.4. The van der Waals surface area contributed by atoms with Crippen LogP contribution in [0.3, 0.4) is 0 Å². The van der Waals surface area contributed by atoms with Crippen molar-refractivity contribution in [1.82, 2.24) is 4.98 Å². The Morgan fingerprint density at radius 3 is 2.57 bits per heavy atom. The molecule has 0 unspecified atom stereocenters. The average molecular weight is 376 g/mol. The van der Waals surface area contributed by atoms with E-state index in [4.69, 9.17) is 8.83 Å². The highest BCUT2D eigenvalue weighted by Gasteiger charge is 2.16. The van der Waals surface area contributed by atoms with Gasteiger partial charge in [-0.05, 0) is 56.5 Å². The van der Waals surface area contributed by atoms with E-state index in [1.54, 1.807) is 30.6 Å². The summed E-state index contributed by atoms with van der Waals surface area (Å²) in [5, 5.41) is 4.64. The van der Waals surface area contributed by atoms with Crippen LogP contribution in [-0.4, -0.2) is 10.9 Å². The summed E-state index contributed by atoms with van der Waals surface area (Å²) in [6.45, 7) is 5.81. The lowest BCUT2D eigenvalue weighted by molar-refractivity contribution is -0.116. The molecule has 0 spiro atoms. The Labute approximate surface area is 161 Å². The molecule has 0 aliphatic rings. The Hall–Kier alpha value is -3.41. The van der Waals surface area contributed by atoms with Gasteiger partial charge in [-0.25, -0.2) is 4.79 Å². The van der Waals surface area contributed by atoms with E-state index in [0.29, 0.717) is 28.8 Å². The van der Waals surface area contributed by atoms with Crippen molar-refractivity contribution < 1.29 is 13.6 Å². The van der Waals surface area contributed by atoms with Crippen LogP contribution in [0.2, 0.25) is 0 Å². The average Bonchev–Trinajstić information content (AvgIpc) is 2.94. The fourth-order valence-electron chi connectivity index (χ4n) is 3.41. The second-order valence-electron chi connectivity index (χ2n) is 6.91. The van der Waals surface area contributed by atoms with Crippen molar-refractivity contribution in [1.29, 1.82) is 0 Å². The molecule has 6 nitrogen and oxygen atoms in total. The van der Waals surface area contributed by atoms with Crippen molar-refractivity contribution in [2.45, 2.75) is 33.6 Å². The van der Waals surface area contributed by atoms with E-state index >= 15 is 0 Å². The molecule has 1 amide bonds.